The number of thiophene rings is 1. The Kier molecular flexibility index (Phi) is 5.24. The largest absolute Gasteiger partial charge is 0.481 e. The summed E-state index contributed by atoms with van der Waals surface area (Å²) < 4.78 is 27.7. The standard InChI is InChI=1S/C14H18N2O4S3/c1-9-15-10(8-21-9)11-4-5-13(22-11)23(19,20)16-14(2,3)7-6-12(17)18/h4-5,8,16H,6-7H2,1-3H3,(H,17,18). The monoisotopic (exact) mass is 374 g/mol. The van der Waals surface area contributed by atoms with Crippen LogP contribution in [-0.4, -0.2) is 30.0 Å². The molecule has 2 N–H and O–H groups in total. The molecule has 0 radical (unpaired) electrons. The first-order valence-corrected chi connectivity index (χ1v) is 10.1. The lowest BCUT2D eigenvalue weighted by Gasteiger charge is -2.24. The van der Waals surface area contributed by atoms with E-state index in [-0.39, 0.29) is 17.1 Å². The molecule has 23 heavy (non-hydrogen) atoms. The molecule has 0 spiro atoms. The minimum absolute atomic E-state index is 0.0939. The number of carbonyl (C=O) groups is 1. The van der Waals surface area contributed by atoms with Gasteiger partial charge in [0.2, 0.25) is 0 Å². The zero-order valence-corrected chi connectivity index (χ0v) is 15.4. The summed E-state index contributed by atoms with van der Waals surface area (Å²) in [6, 6.07) is 3.28. The molecular formula is C14H18N2O4S3. The van der Waals surface area contributed by atoms with E-state index in [9.17, 15) is 13.2 Å². The molecule has 0 unspecified atom stereocenters. The Bertz CT molecular complexity index is 806. The lowest BCUT2D eigenvalue weighted by molar-refractivity contribution is -0.137. The molecule has 9 heteroatoms. The van der Waals surface area contributed by atoms with Crippen molar-refractivity contribution in [3.05, 3.63) is 22.5 Å². The maximum Gasteiger partial charge on any atom is 0.303 e. The van der Waals surface area contributed by atoms with Crippen LogP contribution in [0.5, 0.6) is 0 Å². The SMILES string of the molecule is Cc1nc(-c2ccc(S(=O)(=O)NC(C)(C)CCC(=O)O)s2)cs1. The maximum absolute atomic E-state index is 12.5. The van der Waals surface area contributed by atoms with Gasteiger partial charge in [-0.15, -0.1) is 22.7 Å². The second-order valence-corrected chi connectivity index (χ2v) is 9.81. The average molecular weight is 375 g/mol. The highest BCUT2D eigenvalue weighted by atomic mass is 32.2. The molecule has 0 fully saturated rings. The Morgan fingerprint density at radius 1 is 1.39 bits per heavy atom. The van der Waals surface area contributed by atoms with E-state index in [1.54, 1.807) is 26.0 Å². The lowest BCUT2D eigenvalue weighted by atomic mass is 10.0. The Morgan fingerprint density at radius 2 is 2.09 bits per heavy atom. The Morgan fingerprint density at radius 3 is 2.65 bits per heavy atom. The second-order valence-electron chi connectivity index (χ2n) is 5.75. The molecule has 0 aliphatic rings. The zero-order chi connectivity index (χ0) is 17.3. The molecule has 0 aromatic carbocycles. The molecule has 0 bridgehead atoms. The van der Waals surface area contributed by atoms with Gasteiger partial charge in [0.15, 0.2) is 0 Å². The number of thiazole rings is 1. The van der Waals surface area contributed by atoms with Gasteiger partial charge in [-0.05, 0) is 39.3 Å². The molecule has 0 atom stereocenters. The number of rotatable bonds is 7. The third-order valence-corrected chi connectivity index (χ3v) is 7.16. The number of aryl methyl sites for hydroxylation is 1. The van der Waals surface area contributed by atoms with Crippen molar-refractivity contribution in [3.8, 4) is 10.6 Å². The average Bonchev–Trinajstić information content (AvgIpc) is 3.04. The van der Waals surface area contributed by atoms with E-state index in [0.29, 0.717) is 0 Å². The highest BCUT2D eigenvalue weighted by molar-refractivity contribution is 7.91. The molecule has 0 aliphatic heterocycles. The highest BCUT2D eigenvalue weighted by Crippen LogP contribution is 2.32. The van der Waals surface area contributed by atoms with E-state index in [1.807, 2.05) is 12.3 Å². The van der Waals surface area contributed by atoms with Crippen LogP contribution in [0.1, 0.15) is 31.7 Å². The number of aliphatic carboxylic acids is 1. The molecule has 0 aliphatic carbocycles. The molecule has 2 aromatic heterocycles. The fourth-order valence-corrected chi connectivity index (χ4v) is 5.36. The van der Waals surface area contributed by atoms with Crippen LogP contribution in [0.4, 0.5) is 0 Å². The van der Waals surface area contributed by atoms with Gasteiger partial charge in [-0.3, -0.25) is 4.79 Å². The zero-order valence-electron chi connectivity index (χ0n) is 13.0. The number of carboxylic acid groups (broad SMARTS) is 1. The normalized spacial score (nSPS) is 12.5. The predicted molar refractivity (Wildman–Crippen MR) is 91.4 cm³/mol. The molecule has 2 heterocycles. The Labute approximate surface area is 143 Å². The van der Waals surface area contributed by atoms with Crippen LogP contribution in [0.25, 0.3) is 10.6 Å². The summed E-state index contributed by atoms with van der Waals surface area (Å²) in [6.07, 6.45) is 0.119. The van der Waals surface area contributed by atoms with Crippen molar-refractivity contribution in [2.75, 3.05) is 0 Å². The Hall–Kier alpha value is -1.29. The van der Waals surface area contributed by atoms with Crippen LogP contribution in [0.3, 0.4) is 0 Å². The van der Waals surface area contributed by atoms with Gasteiger partial charge in [0, 0.05) is 17.3 Å². The van der Waals surface area contributed by atoms with Crippen LogP contribution >= 0.6 is 22.7 Å². The van der Waals surface area contributed by atoms with E-state index >= 15 is 0 Å². The fourth-order valence-electron chi connectivity index (χ4n) is 1.96. The first kappa shape index (κ1) is 18.1. The van der Waals surface area contributed by atoms with Gasteiger partial charge in [0.1, 0.15) is 4.21 Å². The molecule has 6 nitrogen and oxygen atoms in total. The van der Waals surface area contributed by atoms with E-state index < -0.39 is 21.5 Å². The fraction of sp³-hybridized carbons (Fsp3) is 0.429. The quantitative estimate of drug-likeness (QED) is 0.776. The number of sulfonamides is 1. The van der Waals surface area contributed by atoms with Gasteiger partial charge in [0.05, 0.1) is 15.6 Å². The summed E-state index contributed by atoms with van der Waals surface area (Å²) in [4.78, 5) is 15.8. The molecule has 2 rings (SSSR count). The van der Waals surface area contributed by atoms with Crippen molar-refractivity contribution >= 4 is 38.7 Å². The summed E-state index contributed by atoms with van der Waals surface area (Å²) in [7, 11) is -3.70. The van der Waals surface area contributed by atoms with Crippen LogP contribution in [0.2, 0.25) is 0 Å². The molecular weight excluding hydrogens is 356 g/mol. The van der Waals surface area contributed by atoms with Crippen LogP contribution in [0, 0.1) is 6.92 Å². The third-order valence-electron chi connectivity index (χ3n) is 3.09. The molecule has 0 saturated heterocycles. The number of nitrogens with zero attached hydrogens (tertiary/aromatic N) is 1. The van der Waals surface area contributed by atoms with Crippen molar-refractivity contribution in [1.29, 1.82) is 0 Å². The van der Waals surface area contributed by atoms with Crippen molar-refractivity contribution in [1.82, 2.24) is 9.71 Å². The van der Waals surface area contributed by atoms with Gasteiger partial charge in [-0.2, -0.15) is 0 Å². The second kappa shape index (κ2) is 6.68. The van der Waals surface area contributed by atoms with Gasteiger partial charge in [0.25, 0.3) is 10.0 Å². The van der Waals surface area contributed by atoms with E-state index in [1.165, 1.54) is 11.3 Å². The van der Waals surface area contributed by atoms with Crippen molar-refractivity contribution < 1.29 is 18.3 Å². The number of nitrogens with one attached hydrogen (secondary N) is 1. The van der Waals surface area contributed by atoms with Crippen LogP contribution < -0.4 is 4.72 Å². The number of carboxylic acids is 1. The maximum atomic E-state index is 12.5. The number of hydrogen-bond donors (Lipinski definition) is 2. The van der Waals surface area contributed by atoms with E-state index in [2.05, 4.69) is 9.71 Å². The summed E-state index contributed by atoms with van der Waals surface area (Å²) in [5, 5.41) is 11.6. The summed E-state index contributed by atoms with van der Waals surface area (Å²) in [5.74, 6) is -0.949. The lowest BCUT2D eigenvalue weighted by Crippen LogP contribution is -2.43. The summed E-state index contributed by atoms with van der Waals surface area (Å²) in [5.41, 5.74) is -0.0671. The van der Waals surface area contributed by atoms with Crippen LogP contribution in [0.15, 0.2) is 21.7 Å². The van der Waals surface area contributed by atoms with Crippen molar-refractivity contribution in [2.45, 2.75) is 43.4 Å². The molecule has 0 amide bonds. The summed E-state index contributed by atoms with van der Waals surface area (Å²) in [6.45, 7) is 5.24. The van der Waals surface area contributed by atoms with Gasteiger partial charge >= 0.3 is 5.97 Å². The van der Waals surface area contributed by atoms with Crippen molar-refractivity contribution in [3.63, 3.8) is 0 Å². The first-order valence-electron chi connectivity index (χ1n) is 6.87. The minimum atomic E-state index is -3.70. The van der Waals surface area contributed by atoms with Gasteiger partial charge in [-0.1, -0.05) is 0 Å². The van der Waals surface area contributed by atoms with E-state index in [4.69, 9.17) is 5.11 Å². The number of aromatic nitrogens is 1. The first-order chi connectivity index (χ1) is 10.6. The molecule has 126 valence electrons. The smallest absolute Gasteiger partial charge is 0.303 e. The third kappa shape index (κ3) is 4.84. The van der Waals surface area contributed by atoms with Crippen LogP contribution in [-0.2, 0) is 14.8 Å². The topological polar surface area (TPSA) is 96.4 Å². The molecule has 0 saturated carbocycles. The van der Waals surface area contributed by atoms with Gasteiger partial charge < -0.3 is 5.11 Å². The van der Waals surface area contributed by atoms with E-state index in [0.717, 1.165) is 26.9 Å². The Balaban J connectivity index is 2.17. The number of hydrogen-bond acceptors (Lipinski definition) is 6. The minimum Gasteiger partial charge on any atom is -0.481 e. The summed E-state index contributed by atoms with van der Waals surface area (Å²) >= 11 is 2.66. The predicted octanol–water partition coefficient (Wildman–Crippen LogP) is 3.10. The molecule has 2 aromatic rings. The van der Waals surface area contributed by atoms with Gasteiger partial charge in [-0.25, -0.2) is 18.1 Å². The van der Waals surface area contributed by atoms with Crippen molar-refractivity contribution in [2.24, 2.45) is 0 Å². The highest BCUT2D eigenvalue weighted by Gasteiger charge is 2.28.